The molecular weight excluding hydrogens is 440 g/mol. The molecule has 1 saturated heterocycles. The summed E-state index contributed by atoms with van der Waals surface area (Å²) in [5.41, 5.74) is 2.18. The number of rotatable bonds is 12. The van der Waals surface area contributed by atoms with Crippen molar-refractivity contribution in [2.24, 2.45) is 5.92 Å². The van der Waals surface area contributed by atoms with Crippen molar-refractivity contribution in [3.8, 4) is 0 Å². The van der Waals surface area contributed by atoms with Crippen LogP contribution < -0.4 is 0 Å². The summed E-state index contributed by atoms with van der Waals surface area (Å²) in [6.45, 7) is 2.11. The molecule has 3 atom stereocenters. The Morgan fingerprint density at radius 1 is 1.06 bits per heavy atom. The minimum Gasteiger partial charge on any atom is -0.478 e. The molecule has 0 bridgehead atoms. The van der Waals surface area contributed by atoms with Crippen LogP contribution in [0.3, 0.4) is 0 Å². The number of alkyl halides is 2. The molecule has 1 fully saturated rings. The topological polar surface area (TPSA) is 77.8 Å². The summed E-state index contributed by atoms with van der Waals surface area (Å²) in [4.78, 5) is 24.5. The van der Waals surface area contributed by atoms with E-state index in [1.54, 1.807) is 12.1 Å². The van der Waals surface area contributed by atoms with Crippen molar-refractivity contribution < 1.29 is 28.6 Å². The van der Waals surface area contributed by atoms with Crippen LogP contribution in [0.4, 0.5) is 8.78 Å². The van der Waals surface area contributed by atoms with E-state index in [1.807, 2.05) is 25.1 Å². The summed E-state index contributed by atoms with van der Waals surface area (Å²) in [5.74, 6) is -5.54. The molecule has 0 radical (unpaired) electrons. The lowest BCUT2D eigenvalue weighted by Gasteiger charge is -2.26. The van der Waals surface area contributed by atoms with Crippen molar-refractivity contribution in [3.05, 3.63) is 71.3 Å². The van der Waals surface area contributed by atoms with Gasteiger partial charge in [-0.05, 0) is 67.7 Å². The molecule has 2 N–H and O–H groups in total. The minimum absolute atomic E-state index is 0.0440. The Kier molecular flexibility index (Phi) is 8.78. The molecule has 1 aliphatic rings. The average molecular weight is 474 g/mol. The molecule has 1 heterocycles. The van der Waals surface area contributed by atoms with Gasteiger partial charge >= 0.3 is 11.9 Å². The molecule has 1 amide bonds. The van der Waals surface area contributed by atoms with Crippen LogP contribution in [-0.2, 0) is 17.6 Å². The van der Waals surface area contributed by atoms with Crippen molar-refractivity contribution in [3.63, 3.8) is 0 Å². The van der Waals surface area contributed by atoms with Crippen molar-refractivity contribution in [2.75, 3.05) is 6.54 Å². The number of carbonyl (C=O) groups is 2. The molecule has 0 saturated carbocycles. The smallest absolute Gasteiger partial charge is 0.335 e. The normalized spacial score (nSPS) is 19.2. The number of carboxylic acid groups (broad SMARTS) is 1. The second-order valence-electron chi connectivity index (χ2n) is 9.31. The van der Waals surface area contributed by atoms with Gasteiger partial charge in [-0.25, -0.2) is 4.79 Å². The number of likely N-dealkylation sites (tertiary alicyclic amines) is 1. The zero-order valence-corrected chi connectivity index (χ0v) is 19.5. The highest BCUT2D eigenvalue weighted by Gasteiger charge is 2.52. The summed E-state index contributed by atoms with van der Waals surface area (Å²) < 4.78 is 28.4. The lowest BCUT2D eigenvalue weighted by Crippen LogP contribution is -2.38. The maximum atomic E-state index is 14.2. The molecule has 7 heteroatoms. The van der Waals surface area contributed by atoms with Gasteiger partial charge in [0.25, 0.3) is 5.91 Å². The van der Waals surface area contributed by atoms with Gasteiger partial charge < -0.3 is 15.1 Å². The quantitative estimate of drug-likeness (QED) is 0.457. The van der Waals surface area contributed by atoms with E-state index in [0.717, 1.165) is 24.8 Å². The molecule has 0 spiro atoms. The number of nitrogens with zero attached hydrogens (tertiary/aromatic N) is 1. The fourth-order valence-corrected chi connectivity index (χ4v) is 4.59. The average Bonchev–Trinajstić information content (AvgIpc) is 3.04. The highest BCUT2D eigenvalue weighted by molar-refractivity contribution is 5.87. The first-order chi connectivity index (χ1) is 16.2. The Morgan fingerprint density at radius 2 is 1.71 bits per heavy atom. The molecule has 5 nitrogen and oxygen atoms in total. The standard InChI is InChI=1S/C27H33F2NO4/c1-19(6-5-9-20-7-3-2-4-8-20)24(31)15-14-23-18-27(28,29)26(34)30(23)17-16-21-10-12-22(13-11-21)25(32)33/h2-4,7-8,10-13,19,23-24,31H,5-6,9,14-18H2,1H3,(H,32,33)/t19-,23-,24+/m0/s1. The largest absolute Gasteiger partial charge is 0.478 e. The van der Waals surface area contributed by atoms with Crippen LogP contribution in [0.1, 0.15) is 60.5 Å². The third-order valence-electron chi connectivity index (χ3n) is 6.77. The number of aromatic carboxylic acids is 1. The molecule has 34 heavy (non-hydrogen) atoms. The summed E-state index contributed by atoms with van der Waals surface area (Å²) in [5, 5.41) is 19.6. The molecule has 184 valence electrons. The van der Waals surface area contributed by atoms with Crippen molar-refractivity contribution in [1.29, 1.82) is 0 Å². The number of hydrogen-bond donors (Lipinski definition) is 2. The number of amides is 1. The predicted molar refractivity (Wildman–Crippen MR) is 126 cm³/mol. The van der Waals surface area contributed by atoms with Gasteiger partial charge in [0.2, 0.25) is 0 Å². The SMILES string of the molecule is C[C@@H](CCCc1ccccc1)[C@H](O)CC[C@H]1CC(F)(F)C(=O)N1CCc1ccc(C(=O)O)cc1. The van der Waals surface area contributed by atoms with E-state index in [9.17, 15) is 23.5 Å². The zero-order chi connectivity index (χ0) is 24.7. The van der Waals surface area contributed by atoms with Crippen LogP contribution in [-0.4, -0.2) is 51.6 Å². The lowest BCUT2D eigenvalue weighted by molar-refractivity contribution is -0.148. The Labute approximate surface area is 199 Å². The van der Waals surface area contributed by atoms with Gasteiger partial charge in [0, 0.05) is 19.0 Å². The van der Waals surface area contributed by atoms with E-state index in [-0.39, 0.29) is 18.0 Å². The van der Waals surface area contributed by atoms with Gasteiger partial charge in [0.05, 0.1) is 11.7 Å². The number of aliphatic hydroxyl groups excluding tert-OH is 1. The van der Waals surface area contributed by atoms with Gasteiger partial charge in [-0.2, -0.15) is 8.78 Å². The molecular formula is C27H33F2NO4. The highest BCUT2D eigenvalue weighted by atomic mass is 19.3. The molecule has 2 aromatic carbocycles. The third kappa shape index (κ3) is 6.86. The first-order valence-electron chi connectivity index (χ1n) is 11.9. The summed E-state index contributed by atoms with van der Waals surface area (Å²) in [7, 11) is 0. The second-order valence-corrected chi connectivity index (χ2v) is 9.31. The van der Waals surface area contributed by atoms with Gasteiger partial charge in [-0.3, -0.25) is 4.79 Å². The number of carboxylic acids is 1. The van der Waals surface area contributed by atoms with Gasteiger partial charge in [-0.15, -0.1) is 0 Å². The van der Waals surface area contributed by atoms with Crippen molar-refractivity contribution >= 4 is 11.9 Å². The fourth-order valence-electron chi connectivity index (χ4n) is 4.59. The number of halogens is 2. The summed E-state index contributed by atoms with van der Waals surface area (Å²) in [6.07, 6.45) is 2.62. The Bertz CT molecular complexity index is 949. The molecule has 1 aliphatic heterocycles. The minimum atomic E-state index is -3.38. The highest BCUT2D eigenvalue weighted by Crippen LogP contribution is 2.36. The van der Waals surface area contributed by atoms with Crippen LogP contribution in [0.2, 0.25) is 0 Å². The van der Waals surface area contributed by atoms with E-state index in [2.05, 4.69) is 12.1 Å². The fraction of sp³-hybridized carbons (Fsp3) is 0.481. The van der Waals surface area contributed by atoms with Crippen molar-refractivity contribution in [2.45, 2.75) is 69.9 Å². The van der Waals surface area contributed by atoms with Crippen molar-refractivity contribution in [1.82, 2.24) is 4.90 Å². The third-order valence-corrected chi connectivity index (χ3v) is 6.77. The van der Waals surface area contributed by atoms with Gasteiger partial charge in [0.1, 0.15) is 0 Å². The Morgan fingerprint density at radius 3 is 2.35 bits per heavy atom. The number of aliphatic hydroxyl groups is 1. The lowest BCUT2D eigenvalue weighted by atomic mass is 9.92. The van der Waals surface area contributed by atoms with E-state index in [0.29, 0.717) is 19.3 Å². The number of hydrogen-bond acceptors (Lipinski definition) is 3. The molecule has 0 unspecified atom stereocenters. The van der Waals surface area contributed by atoms with Gasteiger partial charge in [0.15, 0.2) is 0 Å². The predicted octanol–water partition coefficient (Wildman–Crippen LogP) is 4.96. The number of benzene rings is 2. The number of carbonyl (C=O) groups excluding carboxylic acids is 1. The van der Waals surface area contributed by atoms with E-state index in [1.165, 1.54) is 22.6 Å². The maximum Gasteiger partial charge on any atom is 0.335 e. The Hall–Kier alpha value is -2.80. The summed E-state index contributed by atoms with van der Waals surface area (Å²) >= 11 is 0. The number of aryl methyl sites for hydroxylation is 1. The van der Waals surface area contributed by atoms with E-state index >= 15 is 0 Å². The van der Waals surface area contributed by atoms with Crippen LogP contribution in [0.25, 0.3) is 0 Å². The Balaban J connectivity index is 1.49. The summed E-state index contributed by atoms with van der Waals surface area (Å²) in [6, 6.07) is 15.7. The van der Waals surface area contributed by atoms with Crippen LogP contribution in [0.15, 0.2) is 54.6 Å². The molecule has 0 aliphatic carbocycles. The monoisotopic (exact) mass is 473 g/mol. The second kappa shape index (κ2) is 11.6. The first-order valence-corrected chi connectivity index (χ1v) is 11.9. The zero-order valence-electron chi connectivity index (χ0n) is 19.5. The maximum absolute atomic E-state index is 14.2. The van der Waals surface area contributed by atoms with E-state index < -0.39 is 36.4 Å². The molecule has 3 rings (SSSR count). The first kappa shape index (κ1) is 25.8. The van der Waals surface area contributed by atoms with Gasteiger partial charge in [-0.1, -0.05) is 49.4 Å². The van der Waals surface area contributed by atoms with Crippen LogP contribution >= 0.6 is 0 Å². The van der Waals surface area contributed by atoms with Crippen LogP contribution in [0.5, 0.6) is 0 Å². The molecule has 2 aromatic rings. The molecule has 0 aromatic heterocycles. The van der Waals surface area contributed by atoms with E-state index in [4.69, 9.17) is 5.11 Å². The van der Waals surface area contributed by atoms with Crippen LogP contribution in [0, 0.1) is 5.92 Å².